The molecule has 0 spiro atoms. The monoisotopic (exact) mass is 208 g/mol. The molecule has 0 radical (unpaired) electrons. The van der Waals surface area contributed by atoms with Gasteiger partial charge in [0.15, 0.2) is 0 Å². The average Bonchev–Trinajstić information content (AvgIpc) is 2.26. The second-order valence-electron chi connectivity index (χ2n) is 3.87. The highest BCUT2D eigenvalue weighted by Crippen LogP contribution is 2.11. The molecule has 1 heterocycles. The zero-order valence-corrected chi connectivity index (χ0v) is 9.91. The molecule has 0 saturated heterocycles. The van der Waals surface area contributed by atoms with Crippen molar-refractivity contribution in [1.82, 2.24) is 9.88 Å². The molecule has 0 fully saturated rings. The minimum absolute atomic E-state index is 0.510. The summed E-state index contributed by atoms with van der Waals surface area (Å²) < 4.78 is 0. The molecular weight excluding hydrogens is 188 g/mol. The van der Waals surface area contributed by atoms with Gasteiger partial charge in [0.25, 0.3) is 0 Å². The van der Waals surface area contributed by atoms with Gasteiger partial charge in [-0.1, -0.05) is 0 Å². The summed E-state index contributed by atoms with van der Waals surface area (Å²) >= 11 is 0. The van der Waals surface area contributed by atoms with E-state index in [4.69, 9.17) is 0 Å². The summed E-state index contributed by atoms with van der Waals surface area (Å²) in [5, 5.41) is 6.40. The van der Waals surface area contributed by atoms with Crippen LogP contribution in [0.2, 0.25) is 0 Å². The van der Waals surface area contributed by atoms with E-state index in [1.165, 1.54) is 0 Å². The fourth-order valence-corrected chi connectivity index (χ4v) is 1.13. The number of hydrogen-bond donors (Lipinski definition) is 2. The second-order valence-corrected chi connectivity index (χ2v) is 3.87. The molecule has 15 heavy (non-hydrogen) atoms. The van der Waals surface area contributed by atoms with Crippen LogP contribution >= 0.6 is 0 Å². The molecule has 1 atom stereocenters. The van der Waals surface area contributed by atoms with Crippen LogP contribution in [0.3, 0.4) is 0 Å². The van der Waals surface area contributed by atoms with E-state index in [0.29, 0.717) is 6.04 Å². The van der Waals surface area contributed by atoms with Gasteiger partial charge in [-0.25, -0.2) is 4.98 Å². The first-order chi connectivity index (χ1) is 7.13. The van der Waals surface area contributed by atoms with Crippen LogP contribution in [0.1, 0.15) is 6.92 Å². The third-order valence-corrected chi connectivity index (χ3v) is 2.50. The maximum absolute atomic E-state index is 4.16. The summed E-state index contributed by atoms with van der Waals surface area (Å²) in [6.07, 6.45) is 1.80. The summed E-state index contributed by atoms with van der Waals surface area (Å²) in [5.74, 6) is 0.887. The molecule has 2 N–H and O–H groups in total. The molecule has 84 valence electrons. The summed E-state index contributed by atoms with van der Waals surface area (Å²) in [6.45, 7) is 3.12. The number of nitrogens with one attached hydrogen (secondary N) is 2. The fraction of sp³-hybridized carbons (Fsp3) is 0.545. The minimum atomic E-state index is 0.510. The van der Waals surface area contributed by atoms with Gasteiger partial charge < -0.3 is 15.5 Å². The lowest BCUT2D eigenvalue weighted by atomic mass is 10.3. The summed E-state index contributed by atoms with van der Waals surface area (Å²) in [6, 6.07) is 4.49. The number of hydrogen-bond acceptors (Lipinski definition) is 4. The standard InChI is InChI=1S/C11H20N4/c1-9(15(3)4)8-14-10-5-6-13-11(7-10)12-2/h5-7,9H,8H2,1-4H3,(H2,12,13,14). The first-order valence-corrected chi connectivity index (χ1v) is 5.17. The van der Waals surface area contributed by atoms with Gasteiger partial charge in [0, 0.05) is 37.6 Å². The van der Waals surface area contributed by atoms with E-state index in [0.717, 1.165) is 18.1 Å². The van der Waals surface area contributed by atoms with Crippen LogP contribution in [0.25, 0.3) is 0 Å². The maximum Gasteiger partial charge on any atom is 0.127 e. The number of likely N-dealkylation sites (N-methyl/N-ethyl adjacent to an activating group) is 1. The average molecular weight is 208 g/mol. The number of pyridine rings is 1. The number of aromatic nitrogens is 1. The van der Waals surface area contributed by atoms with Gasteiger partial charge in [-0.2, -0.15) is 0 Å². The third-order valence-electron chi connectivity index (χ3n) is 2.50. The molecule has 0 amide bonds. The highest BCUT2D eigenvalue weighted by molar-refractivity contribution is 5.51. The summed E-state index contributed by atoms with van der Waals surface area (Å²) in [4.78, 5) is 6.35. The molecule has 1 aromatic heterocycles. The molecule has 0 aliphatic rings. The van der Waals surface area contributed by atoms with E-state index >= 15 is 0 Å². The molecule has 0 aliphatic carbocycles. The largest absolute Gasteiger partial charge is 0.383 e. The SMILES string of the molecule is CNc1cc(NCC(C)N(C)C)ccn1. The number of nitrogens with zero attached hydrogens (tertiary/aromatic N) is 2. The predicted molar refractivity (Wildman–Crippen MR) is 65.4 cm³/mol. The lowest BCUT2D eigenvalue weighted by molar-refractivity contribution is 0.326. The van der Waals surface area contributed by atoms with Gasteiger partial charge in [-0.05, 0) is 27.1 Å². The van der Waals surface area contributed by atoms with Crippen molar-refractivity contribution in [2.24, 2.45) is 0 Å². The molecule has 4 nitrogen and oxygen atoms in total. The van der Waals surface area contributed by atoms with E-state index < -0.39 is 0 Å². The van der Waals surface area contributed by atoms with Crippen LogP contribution in [-0.2, 0) is 0 Å². The van der Waals surface area contributed by atoms with Crippen LogP contribution in [0, 0.1) is 0 Å². The molecule has 0 saturated carbocycles. The van der Waals surface area contributed by atoms with Crippen molar-refractivity contribution in [2.75, 3.05) is 38.3 Å². The van der Waals surface area contributed by atoms with E-state index in [1.54, 1.807) is 6.20 Å². The van der Waals surface area contributed by atoms with Crippen LogP contribution in [0.15, 0.2) is 18.3 Å². The minimum Gasteiger partial charge on any atom is -0.383 e. The lowest BCUT2D eigenvalue weighted by Crippen LogP contribution is -2.31. The molecule has 0 aromatic carbocycles. The van der Waals surface area contributed by atoms with E-state index in [2.05, 4.69) is 41.5 Å². The normalized spacial score (nSPS) is 12.6. The third kappa shape index (κ3) is 3.75. The van der Waals surface area contributed by atoms with E-state index in [9.17, 15) is 0 Å². The Balaban J connectivity index is 2.50. The Bertz CT molecular complexity index is 298. The Morgan fingerprint density at radius 1 is 1.47 bits per heavy atom. The van der Waals surface area contributed by atoms with Crippen molar-refractivity contribution in [3.63, 3.8) is 0 Å². The van der Waals surface area contributed by atoms with Crippen molar-refractivity contribution in [2.45, 2.75) is 13.0 Å². The summed E-state index contributed by atoms with van der Waals surface area (Å²) in [7, 11) is 6.03. The smallest absolute Gasteiger partial charge is 0.127 e. The fourth-order valence-electron chi connectivity index (χ4n) is 1.13. The maximum atomic E-state index is 4.16. The van der Waals surface area contributed by atoms with Crippen LogP contribution in [0.4, 0.5) is 11.5 Å². The molecule has 4 heteroatoms. The molecule has 1 aromatic rings. The highest BCUT2D eigenvalue weighted by atomic mass is 15.1. The molecule has 0 aliphatic heterocycles. The van der Waals surface area contributed by atoms with Crippen molar-refractivity contribution >= 4 is 11.5 Å². The Morgan fingerprint density at radius 2 is 2.20 bits per heavy atom. The first kappa shape index (κ1) is 11.8. The van der Waals surface area contributed by atoms with Crippen LogP contribution in [-0.4, -0.2) is 43.6 Å². The van der Waals surface area contributed by atoms with Crippen LogP contribution in [0.5, 0.6) is 0 Å². The highest BCUT2D eigenvalue weighted by Gasteiger charge is 2.03. The summed E-state index contributed by atoms with van der Waals surface area (Å²) in [5.41, 5.74) is 1.10. The molecule has 1 rings (SSSR count). The van der Waals surface area contributed by atoms with Crippen molar-refractivity contribution < 1.29 is 0 Å². The lowest BCUT2D eigenvalue weighted by Gasteiger charge is -2.20. The predicted octanol–water partition coefficient (Wildman–Crippen LogP) is 1.49. The first-order valence-electron chi connectivity index (χ1n) is 5.17. The van der Waals surface area contributed by atoms with Crippen LogP contribution < -0.4 is 10.6 Å². The van der Waals surface area contributed by atoms with Gasteiger partial charge in [0.05, 0.1) is 0 Å². The van der Waals surface area contributed by atoms with Gasteiger partial charge in [-0.15, -0.1) is 0 Å². The Morgan fingerprint density at radius 3 is 2.80 bits per heavy atom. The van der Waals surface area contributed by atoms with Crippen molar-refractivity contribution in [1.29, 1.82) is 0 Å². The quantitative estimate of drug-likeness (QED) is 0.769. The molecule has 0 bridgehead atoms. The zero-order chi connectivity index (χ0) is 11.3. The van der Waals surface area contributed by atoms with Gasteiger partial charge >= 0.3 is 0 Å². The Labute approximate surface area is 91.7 Å². The van der Waals surface area contributed by atoms with Gasteiger partial charge in [0.1, 0.15) is 5.82 Å². The van der Waals surface area contributed by atoms with Crippen molar-refractivity contribution in [3.05, 3.63) is 18.3 Å². The molecular formula is C11H20N4. The Hall–Kier alpha value is -1.29. The second kappa shape index (κ2) is 5.56. The number of rotatable bonds is 5. The Kier molecular flexibility index (Phi) is 4.37. The van der Waals surface area contributed by atoms with Gasteiger partial charge in [0.2, 0.25) is 0 Å². The topological polar surface area (TPSA) is 40.2 Å². The number of anilines is 2. The zero-order valence-electron chi connectivity index (χ0n) is 9.91. The molecule has 1 unspecified atom stereocenters. The van der Waals surface area contributed by atoms with Crippen molar-refractivity contribution in [3.8, 4) is 0 Å². The van der Waals surface area contributed by atoms with E-state index in [1.807, 2.05) is 19.2 Å². The van der Waals surface area contributed by atoms with E-state index in [-0.39, 0.29) is 0 Å². The van der Waals surface area contributed by atoms with Gasteiger partial charge in [-0.3, -0.25) is 0 Å².